The minimum Gasteiger partial charge on any atom is -0.497 e. The van der Waals surface area contributed by atoms with Crippen LogP contribution < -0.4 is 15.4 Å². The fraction of sp³-hybridized carbons (Fsp3) is 0.133. The van der Waals surface area contributed by atoms with E-state index in [0.29, 0.717) is 17.1 Å². The number of benzene rings is 2. The summed E-state index contributed by atoms with van der Waals surface area (Å²) in [7, 11) is 1.57. The number of nitrogens with one attached hydrogen (secondary N) is 2. The predicted molar refractivity (Wildman–Crippen MR) is 76.5 cm³/mol. The van der Waals surface area contributed by atoms with Gasteiger partial charge in [0.25, 0.3) is 0 Å². The molecule has 0 aliphatic carbocycles. The van der Waals surface area contributed by atoms with Gasteiger partial charge in [0.2, 0.25) is 5.91 Å². The maximum Gasteiger partial charge on any atom is 0.243 e. The van der Waals surface area contributed by atoms with Crippen LogP contribution in [0.15, 0.2) is 48.5 Å². The van der Waals surface area contributed by atoms with Gasteiger partial charge in [0.1, 0.15) is 11.6 Å². The molecule has 1 amide bonds. The molecular formula is C15H15FN2O2. The number of amides is 1. The first kappa shape index (κ1) is 13.9. The first-order valence-corrected chi connectivity index (χ1v) is 6.11. The van der Waals surface area contributed by atoms with Crippen LogP contribution >= 0.6 is 0 Å². The summed E-state index contributed by atoms with van der Waals surface area (Å²) in [6.07, 6.45) is 0. The molecule has 0 bridgehead atoms. The van der Waals surface area contributed by atoms with Crippen LogP contribution in [-0.4, -0.2) is 19.6 Å². The molecule has 0 fully saturated rings. The van der Waals surface area contributed by atoms with Crippen LogP contribution in [-0.2, 0) is 4.79 Å². The van der Waals surface area contributed by atoms with Gasteiger partial charge >= 0.3 is 0 Å². The van der Waals surface area contributed by atoms with Crippen molar-refractivity contribution in [3.8, 4) is 5.75 Å². The van der Waals surface area contributed by atoms with E-state index in [1.807, 2.05) is 0 Å². The second-order valence-electron chi connectivity index (χ2n) is 4.14. The number of carbonyl (C=O) groups is 1. The van der Waals surface area contributed by atoms with E-state index in [1.165, 1.54) is 12.1 Å². The Hall–Kier alpha value is -2.56. The average molecular weight is 274 g/mol. The third-order valence-corrected chi connectivity index (χ3v) is 2.65. The van der Waals surface area contributed by atoms with Gasteiger partial charge in [0.15, 0.2) is 0 Å². The molecule has 0 spiro atoms. The highest BCUT2D eigenvalue weighted by Crippen LogP contribution is 2.16. The number of rotatable bonds is 5. The van der Waals surface area contributed by atoms with Crippen LogP contribution in [0.25, 0.3) is 0 Å². The molecule has 0 atom stereocenters. The lowest BCUT2D eigenvalue weighted by molar-refractivity contribution is -0.114. The Morgan fingerprint density at radius 3 is 2.60 bits per heavy atom. The molecule has 0 aliphatic heterocycles. The Balaban J connectivity index is 1.87. The zero-order valence-electron chi connectivity index (χ0n) is 11.0. The fourth-order valence-electron chi connectivity index (χ4n) is 1.66. The maximum absolute atomic E-state index is 12.7. The Morgan fingerprint density at radius 1 is 1.15 bits per heavy atom. The summed E-state index contributed by atoms with van der Waals surface area (Å²) in [6.45, 7) is 0.100. The van der Waals surface area contributed by atoms with Gasteiger partial charge < -0.3 is 15.4 Å². The fourth-order valence-corrected chi connectivity index (χ4v) is 1.66. The van der Waals surface area contributed by atoms with Crippen LogP contribution in [0, 0.1) is 5.82 Å². The number of carbonyl (C=O) groups excluding carboxylic acids is 1. The van der Waals surface area contributed by atoms with Gasteiger partial charge in [-0.15, -0.1) is 0 Å². The molecule has 104 valence electrons. The Kier molecular flexibility index (Phi) is 4.55. The molecule has 0 saturated heterocycles. The summed E-state index contributed by atoms with van der Waals surface area (Å²) in [6, 6.07) is 12.9. The van der Waals surface area contributed by atoms with Crippen LogP contribution in [0.3, 0.4) is 0 Å². The molecular weight excluding hydrogens is 259 g/mol. The molecule has 0 saturated carbocycles. The molecule has 5 heteroatoms. The van der Waals surface area contributed by atoms with Gasteiger partial charge in [0, 0.05) is 17.4 Å². The van der Waals surface area contributed by atoms with E-state index in [9.17, 15) is 9.18 Å². The van der Waals surface area contributed by atoms with E-state index in [2.05, 4.69) is 10.6 Å². The van der Waals surface area contributed by atoms with Gasteiger partial charge in [-0.1, -0.05) is 6.07 Å². The van der Waals surface area contributed by atoms with E-state index in [0.717, 1.165) is 0 Å². The van der Waals surface area contributed by atoms with Crippen molar-refractivity contribution in [2.45, 2.75) is 0 Å². The third kappa shape index (κ3) is 3.98. The van der Waals surface area contributed by atoms with Crippen molar-refractivity contribution < 1.29 is 13.9 Å². The predicted octanol–water partition coefficient (Wildman–Crippen LogP) is 2.88. The molecule has 2 aromatic carbocycles. The molecule has 0 unspecified atom stereocenters. The molecule has 20 heavy (non-hydrogen) atoms. The highest BCUT2D eigenvalue weighted by atomic mass is 19.1. The molecule has 2 rings (SSSR count). The van der Waals surface area contributed by atoms with Crippen molar-refractivity contribution in [1.82, 2.24) is 0 Å². The van der Waals surface area contributed by atoms with Crippen molar-refractivity contribution in [2.75, 3.05) is 24.3 Å². The van der Waals surface area contributed by atoms with E-state index < -0.39 is 0 Å². The third-order valence-electron chi connectivity index (χ3n) is 2.65. The standard InChI is InChI=1S/C15H15FN2O2/c1-20-14-4-2-3-13(9-14)18-15(19)10-17-12-7-5-11(16)6-8-12/h2-9,17H,10H2,1H3,(H,18,19). The second-order valence-corrected chi connectivity index (χ2v) is 4.14. The summed E-state index contributed by atoms with van der Waals surface area (Å²) >= 11 is 0. The van der Waals surface area contributed by atoms with E-state index in [-0.39, 0.29) is 18.3 Å². The second kappa shape index (κ2) is 6.56. The summed E-state index contributed by atoms with van der Waals surface area (Å²) in [5, 5.41) is 5.65. The monoisotopic (exact) mass is 274 g/mol. The Labute approximate surface area is 116 Å². The molecule has 2 N–H and O–H groups in total. The van der Waals surface area contributed by atoms with Gasteiger partial charge in [-0.05, 0) is 36.4 Å². The topological polar surface area (TPSA) is 50.4 Å². The Bertz CT molecular complexity index is 585. The smallest absolute Gasteiger partial charge is 0.243 e. The normalized spacial score (nSPS) is 9.90. The Morgan fingerprint density at radius 2 is 1.90 bits per heavy atom. The number of hydrogen-bond donors (Lipinski definition) is 2. The zero-order valence-corrected chi connectivity index (χ0v) is 11.0. The van der Waals surface area contributed by atoms with Crippen molar-refractivity contribution >= 4 is 17.3 Å². The summed E-state index contributed by atoms with van der Waals surface area (Å²) < 4.78 is 17.8. The lowest BCUT2D eigenvalue weighted by Crippen LogP contribution is -2.21. The lowest BCUT2D eigenvalue weighted by atomic mass is 10.3. The van der Waals surface area contributed by atoms with Crippen LogP contribution in [0.5, 0.6) is 5.75 Å². The van der Waals surface area contributed by atoms with Gasteiger partial charge in [-0.2, -0.15) is 0 Å². The van der Waals surface area contributed by atoms with E-state index in [1.54, 1.807) is 43.5 Å². The lowest BCUT2D eigenvalue weighted by Gasteiger charge is -2.08. The summed E-state index contributed by atoms with van der Waals surface area (Å²) in [5.41, 5.74) is 1.35. The minimum absolute atomic E-state index is 0.100. The molecule has 0 aromatic heterocycles. The van der Waals surface area contributed by atoms with Crippen molar-refractivity contribution in [3.63, 3.8) is 0 Å². The van der Waals surface area contributed by atoms with Crippen LogP contribution in [0.2, 0.25) is 0 Å². The first-order valence-electron chi connectivity index (χ1n) is 6.11. The van der Waals surface area contributed by atoms with Crippen molar-refractivity contribution in [1.29, 1.82) is 0 Å². The maximum atomic E-state index is 12.7. The van der Waals surface area contributed by atoms with Crippen molar-refractivity contribution in [3.05, 3.63) is 54.3 Å². The summed E-state index contributed by atoms with van der Waals surface area (Å²) in [5.74, 6) is 0.174. The quantitative estimate of drug-likeness (QED) is 0.881. The minimum atomic E-state index is -0.309. The van der Waals surface area contributed by atoms with Gasteiger partial charge in [-0.3, -0.25) is 4.79 Å². The number of methoxy groups -OCH3 is 1. The van der Waals surface area contributed by atoms with Gasteiger partial charge in [0.05, 0.1) is 13.7 Å². The summed E-state index contributed by atoms with van der Waals surface area (Å²) in [4.78, 5) is 11.8. The SMILES string of the molecule is COc1cccc(NC(=O)CNc2ccc(F)cc2)c1. The van der Waals surface area contributed by atoms with E-state index in [4.69, 9.17) is 4.74 Å². The highest BCUT2D eigenvalue weighted by molar-refractivity contribution is 5.93. The zero-order chi connectivity index (χ0) is 14.4. The molecule has 0 heterocycles. The number of anilines is 2. The highest BCUT2D eigenvalue weighted by Gasteiger charge is 2.03. The van der Waals surface area contributed by atoms with Crippen LogP contribution in [0.1, 0.15) is 0 Å². The molecule has 4 nitrogen and oxygen atoms in total. The number of hydrogen-bond acceptors (Lipinski definition) is 3. The molecule has 2 aromatic rings. The average Bonchev–Trinajstić information content (AvgIpc) is 2.47. The molecule has 0 radical (unpaired) electrons. The van der Waals surface area contributed by atoms with Gasteiger partial charge in [-0.25, -0.2) is 4.39 Å². The number of halogens is 1. The molecule has 0 aliphatic rings. The van der Waals surface area contributed by atoms with E-state index >= 15 is 0 Å². The van der Waals surface area contributed by atoms with Crippen LogP contribution in [0.4, 0.5) is 15.8 Å². The van der Waals surface area contributed by atoms with Crippen molar-refractivity contribution in [2.24, 2.45) is 0 Å². The number of ether oxygens (including phenoxy) is 1. The largest absolute Gasteiger partial charge is 0.497 e. The first-order chi connectivity index (χ1) is 9.67.